The van der Waals surface area contributed by atoms with Gasteiger partial charge in [0.15, 0.2) is 5.79 Å². The van der Waals surface area contributed by atoms with Crippen LogP contribution >= 0.6 is 0 Å². The van der Waals surface area contributed by atoms with Gasteiger partial charge in [-0.1, -0.05) is 55.1 Å². The third-order valence-corrected chi connectivity index (χ3v) is 4.65. The lowest BCUT2D eigenvalue weighted by molar-refractivity contribution is -0.148. The molecule has 2 bridgehead atoms. The van der Waals surface area contributed by atoms with Crippen LogP contribution in [0, 0.1) is 11.8 Å². The highest BCUT2D eigenvalue weighted by Gasteiger charge is 2.54. The summed E-state index contributed by atoms with van der Waals surface area (Å²) in [7, 11) is 0. The van der Waals surface area contributed by atoms with Crippen LogP contribution in [0.4, 0.5) is 0 Å². The summed E-state index contributed by atoms with van der Waals surface area (Å²) in [5.74, 6) is -0.0217. The van der Waals surface area contributed by atoms with Crippen molar-refractivity contribution >= 4 is 6.08 Å². The summed E-state index contributed by atoms with van der Waals surface area (Å²) in [5, 5.41) is 0. The fourth-order valence-electron chi connectivity index (χ4n) is 3.75. The number of rotatable bonds is 1. The second kappa shape index (κ2) is 4.43. The van der Waals surface area contributed by atoms with Crippen molar-refractivity contribution < 1.29 is 9.47 Å². The summed E-state index contributed by atoms with van der Waals surface area (Å²) in [6.07, 6.45) is 6.96. The van der Waals surface area contributed by atoms with Gasteiger partial charge >= 0.3 is 0 Å². The van der Waals surface area contributed by atoms with Crippen molar-refractivity contribution in [2.45, 2.75) is 31.8 Å². The summed E-state index contributed by atoms with van der Waals surface area (Å²) in [6.45, 7) is 8.32. The van der Waals surface area contributed by atoms with Crippen LogP contribution < -0.4 is 0 Å². The van der Waals surface area contributed by atoms with Crippen molar-refractivity contribution in [1.82, 2.24) is 0 Å². The highest BCUT2D eigenvalue weighted by Crippen LogP contribution is 2.51. The smallest absolute Gasteiger partial charge is 0.163 e. The molecule has 2 heteroatoms. The summed E-state index contributed by atoms with van der Waals surface area (Å²) >= 11 is 0. The van der Waals surface area contributed by atoms with Gasteiger partial charge in [0.25, 0.3) is 0 Å². The minimum Gasteiger partial charge on any atom is -0.344 e. The first-order valence-electron chi connectivity index (χ1n) is 7.55. The maximum atomic E-state index is 6.15. The molecule has 5 rings (SSSR count). The normalized spacial score (nSPS) is 38.0. The highest BCUT2D eigenvalue weighted by atomic mass is 16.8. The number of ether oxygens (including phenoxy) is 2. The van der Waals surface area contributed by atoms with E-state index in [2.05, 4.69) is 49.1 Å². The molecule has 1 aromatic rings. The summed E-state index contributed by atoms with van der Waals surface area (Å²) in [4.78, 5) is 0. The van der Waals surface area contributed by atoms with Gasteiger partial charge in [-0.05, 0) is 30.6 Å². The van der Waals surface area contributed by atoms with Gasteiger partial charge in [-0.25, -0.2) is 0 Å². The van der Waals surface area contributed by atoms with Crippen LogP contribution in [-0.4, -0.2) is 18.0 Å². The van der Waals surface area contributed by atoms with E-state index in [0.717, 1.165) is 0 Å². The molecule has 1 saturated heterocycles. The van der Waals surface area contributed by atoms with E-state index in [1.165, 1.54) is 16.7 Å². The van der Waals surface area contributed by atoms with Gasteiger partial charge in [0.2, 0.25) is 0 Å². The van der Waals surface area contributed by atoms with Gasteiger partial charge in [-0.15, -0.1) is 0 Å². The molecule has 0 radical (unpaired) electrons. The maximum absolute atomic E-state index is 6.15. The molecule has 0 aromatic heterocycles. The zero-order valence-corrected chi connectivity index (χ0v) is 12.5. The number of hydrogen-bond acceptors (Lipinski definition) is 2. The molecule has 4 unspecified atom stereocenters. The predicted octanol–water partition coefficient (Wildman–Crippen LogP) is 3.96. The number of fused-ring (bicyclic) bond motifs is 1. The highest BCUT2D eigenvalue weighted by molar-refractivity contribution is 5.63. The van der Waals surface area contributed by atoms with Gasteiger partial charge in [0, 0.05) is 11.8 Å². The maximum Gasteiger partial charge on any atom is 0.163 e. The van der Waals surface area contributed by atoms with Gasteiger partial charge in [0.05, 0.1) is 12.2 Å². The van der Waals surface area contributed by atoms with Gasteiger partial charge in [-0.3, -0.25) is 0 Å². The average molecular weight is 280 g/mol. The van der Waals surface area contributed by atoms with Gasteiger partial charge in [-0.2, -0.15) is 0 Å². The van der Waals surface area contributed by atoms with Crippen molar-refractivity contribution in [3.63, 3.8) is 0 Å². The number of benzene rings is 1. The Morgan fingerprint density at radius 2 is 1.62 bits per heavy atom. The van der Waals surface area contributed by atoms with Gasteiger partial charge < -0.3 is 9.47 Å². The molecular formula is C19H20O2. The summed E-state index contributed by atoms with van der Waals surface area (Å²) < 4.78 is 12.2. The molecular weight excluding hydrogens is 260 g/mol. The summed E-state index contributed by atoms with van der Waals surface area (Å²) in [6, 6.07) is 10.4. The van der Waals surface area contributed by atoms with E-state index in [4.69, 9.17) is 9.47 Å². The first kappa shape index (κ1) is 13.1. The Hall–Kier alpha value is -1.64. The van der Waals surface area contributed by atoms with E-state index < -0.39 is 5.79 Å². The second-order valence-corrected chi connectivity index (χ2v) is 6.54. The first-order valence-corrected chi connectivity index (χ1v) is 7.55. The zero-order chi connectivity index (χ0) is 14.6. The Balaban J connectivity index is 1.74. The molecule has 4 atom stereocenters. The third-order valence-electron chi connectivity index (χ3n) is 4.65. The molecule has 0 spiro atoms. The molecule has 1 saturated carbocycles. The average Bonchev–Trinajstić information content (AvgIpc) is 2.79. The fourth-order valence-corrected chi connectivity index (χ4v) is 3.75. The molecule has 108 valence electrons. The zero-order valence-electron chi connectivity index (χ0n) is 12.5. The Morgan fingerprint density at radius 1 is 1.00 bits per heavy atom. The Bertz CT molecular complexity index is 639. The first-order chi connectivity index (χ1) is 10.1. The van der Waals surface area contributed by atoms with E-state index in [9.17, 15) is 0 Å². The van der Waals surface area contributed by atoms with E-state index in [1.807, 2.05) is 19.9 Å². The molecule has 0 amide bonds. The van der Waals surface area contributed by atoms with E-state index >= 15 is 0 Å². The SMILES string of the molecule is C=C1/C(=C\c2ccccc2)C2C=CC1C1OC(C)(C)OC21. The molecule has 21 heavy (non-hydrogen) atoms. The molecule has 4 aliphatic rings. The monoisotopic (exact) mass is 280 g/mol. The lowest BCUT2D eigenvalue weighted by Gasteiger charge is -2.42. The van der Waals surface area contributed by atoms with Crippen molar-refractivity contribution in [2.75, 3.05) is 0 Å². The van der Waals surface area contributed by atoms with Crippen LogP contribution in [0.15, 0.2) is 60.2 Å². The Kier molecular flexibility index (Phi) is 2.75. The van der Waals surface area contributed by atoms with E-state index in [0.29, 0.717) is 0 Å². The molecule has 2 fully saturated rings. The van der Waals surface area contributed by atoms with E-state index in [1.54, 1.807) is 0 Å². The van der Waals surface area contributed by atoms with Crippen molar-refractivity contribution in [3.8, 4) is 0 Å². The van der Waals surface area contributed by atoms with Crippen LogP contribution in [0.5, 0.6) is 0 Å². The van der Waals surface area contributed by atoms with Crippen LogP contribution in [0.3, 0.4) is 0 Å². The van der Waals surface area contributed by atoms with E-state index in [-0.39, 0.29) is 24.0 Å². The number of hydrogen-bond donors (Lipinski definition) is 0. The third kappa shape index (κ3) is 2.02. The predicted molar refractivity (Wildman–Crippen MR) is 83.5 cm³/mol. The second-order valence-electron chi connectivity index (χ2n) is 6.54. The fraction of sp³-hybridized carbons (Fsp3) is 0.368. The Labute approximate surface area is 125 Å². The minimum atomic E-state index is -0.500. The Morgan fingerprint density at radius 3 is 2.33 bits per heavy atom. The van der Waals surface area contributed by atoms with Crippen molar-refractivity contribution in [1.29, 1.82) is 0 Å². The molecule has 1 aromatic carbocycles. The summed E-state index contributed by atoms with van der Waals surface area (Å²) in [5.41, 5.74) is 3.68. The van der Waals surface area contributed by atoms with Crippen LogP contribution in [-0.2, 0) is 9.47 Å². The van der Waals surface area contributed by atoms with Crippen molar-refractivity contribution in [2.24, 2.45) is 11.8 Å². The molecule has 2 nitrogen and oxygen atoms in total. The standard InChI is InChI=1S/C19H20O2/c1-12-14-9-10-15(18-17(14)20-19(2,3)21-18)16(12)11-13-7-5-4-6-8-13/h4-11,14-15,17-18H,1H2,2-3H3/b16-11+. The topological polar surface area (TPSA) is 18.5 Å². The molecule has 1 aliphatic heterocycles. The minimum absolute atomic E-state index is 0.107. The quantitative estimate of drug-likeness (QED) is 0.725. The molecule has 0 N–H and O–H groups in total. The lowest BCUT2D eigenvalue weighted by atomic mass is 9.66. The van der Waals surface area contributed by atoms with Gasteiger partial charge in [0.1, 0.15) is 0 Å². The molecule has 3 aliphatic carbocycles. The van der Waals surface area contributed by atoms with Crippen molar-refractivity contribution in [3.05, 3.63) is 65.8 Å². The van der Waals surface area contributed by atoms with Crippen LogP contribution in [0.25, 0.3) is 6.08 Å². The molecule has 1 heterocycles. The van der Waals surface area contributed by atoms with Crippen LogP contribution in [0.1, 0.15) is 19.4 Å². The van der Waals surface area contributed by atoms with Crippen LogP contribution in [0.2, 0.25) is 0 Å². The lowest BCUT2D eigenvalue weighted by Crippen LogP contribution is -2.45. The largest absolute Gasteiger partial charge is 0.344 e.